The molecule has 1 aromatic rings. The van der Waals surface area contributed by atoms with Crippen molar-refractivity contribution < 1.29 is 19.4 Å². The lowest BCUT2D eigenvalue weighted by Crippen LogP contribution is -2.55. The fourth-order valence-electron chi connectivity index (χ4n) is 2.16. The highest BCUT2D eigenvalue weighted by Gasteiger charge is 2.43. The van der Waals surface area contributed by atoms with Crippen molar-refractivity contribution in [3.63, 3.8) is 0 Å². The van der Waals surface area contributed by atoms with Gasteiger partial charge in [0.15, 0.2) is 5.54 Å². The number of nitrogens with two attached hydrogens (primary N) is 1. The van der Waals surface area contributed by atoms with Crippen LogP contribution < -0.4 is 11.1 Å². The van der Waals surface area contributed by atoms with Gasteiger partial charge in [0.2, 0.25) is 5.91 Å². The molecule has 0 aromatic heterocycles. The van der Waals surface area contributed by atoms with Crippen molar-refractivity contribution in [3.05, 3.63) is 29.8 Å². The van der Waals surface area contributed by atoms with Gasteiger partial charge in [-0.25, -0.2) is 4.79 Å². The van der Waals surface area contributed by atoms with Gasteiger partial charge in [0.1, 0.15) is 0 Å². The molecule has 0 saturated carbocycles. The minimum Gasteiger partial charge on any atom is -0.479 e. The number of ether oxygens (including phenoxy) is 1. The Kier molecular flexibility index (Phi) is 4.24. The number of carboxylic acid groups (broad SMARTS) is 1. The smallest absolute Gasteiger partial charge is 0.331 e. The number of aliphatic carboxylic acids is 1. The van der Waals surface area contributed by atoms with Gasteiger partial charge in [-0.1, -0.05) is 12.1 Å². The molecule has 1 amide bonds. The van der Waals surface area contributed by atoms with Gasteiger partial charge < -0.3 is 20.9 Å². The summed E-state index contributed by atoms with van der Waals surface area (Å²) in [4.78, 5) is 23.2. The van der Waals surface area contributed by atoms with Gasteiger partial charge in [-0.15, -0.1) is 0 Å². The molecule has 1 aliphatic rings. The number of amides is 1. The first-order valence-corrected chi connectivity index (χ1v) is 6.48. The van der Waals surface area contributed by atoms with Gasteiger partial charge >= 0.3 is 5.97 Å². The van der Waals surface area contributed by atoms with Crippen LogP contribution in [-0.2, 0) is 20.7 Å². The zero-order chi connectivity index (χ0) is 14.6. The van der Waals surface area contributed by atoms with Crippen LogP contribution >= 0.6 is 0 Å². The fraction of sp³-hybridized carbons (Fsp3) is 0.429. The fourth-order valence-corrected chi connectivity index (χ4v) is 2.16. The van der Waals surface area contributed by atoms with Crippen LogP contribution in [0.1, 0.15) is 18.4 Å². The third kappa shape index (κ3) is 3.27. The number of anilines is 1. The topological polar surface area (TPSA) is 102 Å². The molecule has 0 spiro atoms. The number of carboxylic acids is 1. The molecule has 1 aromatic carbocycles. The Balaban J connectivity index is 1.89. The molecular weight excluding hydrogens is 260 g/mol. The molecule has 0 radical (unpaired) electrons. The van der Waals surface area contributed by atoms with E-state index in [1.807, 2.05) is 12.1 Å². The van der Waals surface area contributed by atoms with Crippen LogP contribution in [0.5, 0.6) is 0 Å². The van der Waals surface area contributed by atoms with E-state index in [4.69, 9.17) is 10.5 Å². The van der Waals surface area contributed by atoms with Crippen molar-refractivity contribution in [1.82, 2.24) is 5.32 Å². The van der Waals surface area contributed by atoms with Gasteiger partial charge in [-0.05, 0) is 24.1 Å². The summed E-state index contributed by atoms with van der Waals surface area (Å²) >= 11 is 0. The van der Waals surface area contributed by atoms with Gasteiger partial charge in [0.05, 0.1) is 6.61 Å². The number of carbonyl (C=O) groups is 2. The maximum atomic E-state index is 11.9. The zero-order valence-electron chi connectivity index (χ0n) is 11.1. The first-order chi connectivity index (χ1) is 9.52. The predicted molar refractivity (Wildman–Crippen MR) is 73.1 cm³/mol. The number of benzene rings is 1. The first kappa shape index (κ1) is 14.3. The Morgan fingerprint density at radius 3 is 2.60 bits per heavy atom. The van der Waals surface area contributed by atoms with Crippen LogP contribution in [0.4, 0.5) is 5.69 Å². The molecule has 0 aliphatic carbocycles. The maximum absolute atomic E-state index is 11.9. The summed E-state index contributed by atoms with van der Waals surface area (Å²) in [6.07, 6.45) is 1.08. The monoisotopic (exact) mass is 278 g/mol. The van der Waals surface area contributed by atoms with Crippen molar-refractivity contribution in [1.29, 1.82) is 0 Å². The van der Waals surface area contributed by atoms with Crippen LogP contribution in [0.15, 0.2) is 24.3 Å². The third-order valence-corrected chi connectivity index (χ3v) is 3.43. The van der Waals surface area contributed by atoms with E-state index in [1.54, 1.807) is 12.1 Å². The van der Waals surface area contributed by atoms with E-state index in [0.29, 0.717) is 25.1 Å². The van der Waals surface area contributed by atoms with Crippen LogP contribution in [0.2, 0.25) is 0 Å². The molecule has 1 unspecified atom stereocenters. The van der Waals surface area contributed by atoms with Crippen LogP contribution in [0, 0.1) is 0 Å². The Hall–Kier alpha value is -2.08. The summed E-state index contributed by atoms with van der Waals surface area (Å²) in [6.45, 7) is 0.375. The Bertz CT molecular complexity index is 492. The maximum Gasteiger partial charge on any atom is 0.331 e. The molecule has 20 heavy (non-hydrogen) atoms. The lowest BCUT2D eigenvalue weighted by atomic mass is 9.98. The lowest BCUT2D eigenvalue weighted by Gasteiger charge is -2.23. The Morgan fingerprint density at radius 2 is 2.05 bits per heavy atom. The summed E-state index contributed by atoms with van der Waals surface area (Å²) in [5.74, 6) is -1.33. The lowest BCUT2D eigenvalue weighted by molar-refractivity contribution is -0.147. The van der Waals surface area contributed by atoms with Gasteiger partial charge in [-0.3, -0.25) is 4.79 Å². The quantitative estimate of drug-likeness (QED) is 0.683. The van der Waals surface area contributed by atoms with Crippen molar-refractivity contribution in [2.24, 2.45) is 0 Å². The molecule has 0 bridgehead atoms. The largest absolute Gasteiger partial charge is 0.479 e. The van der Waals surface area contributed by atoms with E-state index in [2.05, 4.69) is 5.32 Å². The van der Waals surface area contributed by atoms with E-state index >= 15 is 0 Å². The third-order valence-electron chi connectivity index (χ3n) is 3.43. The highest BCUT2D eigenvalue weighted by molar-refractivity contribution is 5.87. The van der Waals surface area contributed by atoms with Crippen LogP contribution in [0.3, 0.4) is 0 Å². The average molecular weight is 278 g/mol. The molecule has 4 N–H and O–H groups in total. The Labute approximate surface area is 116 Å². The number of hydrogen-bond donors (Lipinski definition) is 3. The average Bonchev–Trinajstić information content (AvgIpc) is 2.88. The molecular formula is C14H18N2O4. The van der Waals surface area contributed by atoms with Gasteiger partial charge in [-0.2, -0.15) is 0 Å². The Morgan fingerprint density at radius 1 is 1.35 bits per heavy atom. The second-order valence-electron chi connectivity index (χ2n) is 4.98. The van der Waals surface area contributed by atoms with E-state index in [0.717, 1.165) is 5.56 Å². The number of rotatable bonds is 5. The minimum absolute atomic E-state index is 0.0238. The summed E-state index contributed by atoms with van der Waals surface area (Å²) in [6, 6.07) is 7.26. The van der Waals surface area contributed by atoms with E-state index in [9.17, 15) is 14.7 Å². The second-order valence-corrected chi connectivity index (χ2v) is 4.98. The molecule has 1 fully saturated rings. The van der Waals surface area contributed by atoms with Crippen molar-refractivity contribution in [2.75, 3.05) is 18.9 Å². The molecule has 1 heterocycles. The van der Waals surface area contributed by atoms with Crippen molar-refractivity contribution >= 4 is 17.6 Å². The second kappa shape index (κ2) is 5.92. The summed E-state index contributed by atoms with van der Waals surface area (Å²) < 4.78 is 5.09. The van der Waals surface area contributed by atoms with Crippen LogP contribution in [0.25, 0.3) is 0 Å². The van der Waals surface area contributed by atoms with E-state index in [-0.39, 0.29) is 18.9 Å². The molecule has 2 rings (SSSR count). The molecule has 1 saturated heterocycles. The molecule has 1 aliphatic heterocycles. The summed E-state index contributed by atoms with van der Waals surface area (Å²) in [7, 11) is 0. The number of carbonyl (C=O) groups excluding carboxylic acids is 1. The number of nitrogen functional groups attached to an aromatic ring is 1. The molecule has 6 nitrogen and oxygen atoms in total. The van der Waals surface area contributed by atoms with E-state index in [1.165, 1.54) is 0 Å². The standard InChI is InChI=1S/C14H18N2O4/c15-11-4-1-10(2-5-11)3-6-12(17)16-14(13(18)19)7-8-20-9-14/h1-2,4-5H,3,6-9,15H2,(H,16,17)(H,18,19). The predicted octanol–water partition coefficient (Wildman–Crippen LogP) is 0.561. The minimum atomic E-state index is -1.27. The normalized spacial score (nSPS) is 21.6. The highest BCUT2D eigenvalue weighted by atomic mass is 16.5. The van der Waals surface area contributed by atoms with Gasteiger partial charge in [0.25, 0.3) is 0 Å². The summed E-state index contributed by atoms with van der Waals surface area (Å²) in [5.41, 5.74) is 5.98. The van der Waals surface area contributed by atoms with Gasteiger partial charge in [0, 0.05) is 25.1 Å². The number of nitrogens with one attached hydrogen (secondary N) is 1. The highest BCUT2D eigenvalue weighted by Crippen LogP contribution is 2.19. The van der Waals surface area contributed by atoms with E-state index < -0.39 is 11.5 Å². The first-order valence-electron chi connectivity index (χ1n) is 6.48. The van der Waals surface area contributed by atoms with Crippen molar-refractivity contribution in [3.8, 4) is 0 Å². The number of hydrogen-bond acceptors (Lipinski definition) is 4. The SMILES string of the molecule is Nc1ccc(CCC(=O)NC2(C(=O)O)CCOC2)cc1. The zero-order valence-corrected chi connectivity index (χ0v) is 11.1. The van der Waals surface area contributed by atoms with Crippen LogP contribution in [-0.4, -0.2) is 35.7 Å². The summed E-state index contributed by atoms with van der Waals surface area (Å²) in [5, 5.41) is 11.8. The molecule has 6 heteroatoms. The number of aryl methyl sites for hydroxylation is 1. The molecule has 108 valence electrons. The van der Waals surface area contributed by atoms with Crippen molar-refractivity contribution in [2.45, 2.75) is 24.8 Å². The molecule has 1 atom stereocenters.